The minimum absolute atomic E-state index is 0.301. The monoisotopic (exact) mass is 250 g/mol. The highest BCUT2D eigenvalue weighted by Crippen LogP contribution is 2.27. The maximum Gasteiger partial charge on any atom is 0.222 e. The summed E-state index contributed by atoms with van der Waals surface area (Å²) < 4.78 is 6.03. The van der Waals surface area contributed by atoms with Gasteiger partial charge in [0.05, 0.1) is 5.56 Å². The minimum atomic E-state index is 0.301. The molecule has 100 valence electrons. The zero-order valence-corrected chi connectivity index (χ0v) is 11.0. The highest BCUT2D eigenvalue weighted by atomic mass is 16.5. The Kier molecular flexibility index (Phi) is 4.75. The number of hydrogen-bond donors (Lipinski definition) is 2. The maximum absolute atomic E-state index is 6.03. The lowest BCUT2D eigenvalue weighted by Gasteiger charge is -2.23. The van der Waals surface area contributed by atoms with Crippen LogP contribution in [0.4, 0.5) is 5.82 Å². The van der Waals surface area contributed by atoms with E-state index in [4.69, 9.17) is 10.6 Å². The fourth-order valence-corrected chi connectivity index (χ4v) is 2.44. The molecule has 0 aliphatic heterocycles. The number of anilines is 1. The van der Waals surface area contributed by atoms with E-state index in [0.29, 0.717) is 17.8 Å². The molecule has 0 radical (unpaired) electrons. The molecule has 0 saturated heterocycles. The molecule has 0 amide bonds. The number of nitrogens with one attached hydrogen (secondary N) is 1. The van der Waals surface area contributed by atoms with Gasteiger partial charge < -0.3 is 10.2 Å². The largest absolute Gasteiger partial charge is 0.474 e. The summed E-state index contributed by atoms with van der Waals surface area (Å²) in [6.45, 7) is 2.12. The van der Waals surface area contributed by atoms with E-state index in [1.165, 1.54) is 25.6 Å². The second-order valence-corrected chi connectivity index (χ2v) is 4.78. The highest BCUT2D eigenvalue weighted by molar-refractivity contribution is 5.47. The zero-order chi connectivity index (χ0) is 12.8. The number of hydrazine groups is 1. The number of nitrogen functional groups attached to an aromatic ring is 1. The van der Waals surface area contributed by atoms with Crippen molar-refractivity contribution in [3.05, 3.63) is 11.9 Å². The van der Waals surface area contributed by atoms with Crippen LogP contribution in [0.5, 0.6) is 5.88 Å². The maximum atomic E-state index is 6.03. The standard InChI is InChI=1S/C13H22N4O/c1-2-6-11-12(17-14)15-9-16-13(11)18-10-7-4-3-5-8-10/h9-10H,2-8,14H2,1H3,(H,15,16,17). The van der Waals surface area contributed by atoms with Crippen molar-refractivity contribution in [2.45, 2.75) is 58.0 Å². The van der Waals surface area contributed by atoms with E-state index < -0.39 is 0 Å². The van der Waals surface area contributed by atoms with E-state index in [2.05, 4.69) is 22.3 Å². The van der Waals surface area contributed by atoms with Crippen molar-refractivity contribution < 1.29 is 4.74 Å². The first-order valence-electron chi connectivity index (χ1n) is 6.82. The second-order valence-electron chi connectivity index (χ2n) is 4.78. The number of nitrogens with two attached hydrogens (primary N) is 1. The van der Waals surface area contributed by atoms with E-state index >= 15 is 0 Å². The summed E-state index contributed by atoms with van der Waals surface area (Å²) in [6, 6.07) is 0. The first-order valence-corrected chi connectivity index (χ1v) is 6.82. The molecular weight excluding hydrogens is 228 g/mol. The molecule has 1 aromatic heterocycles. The summed E-state index contributed by atoms with van der Waals surface area (Å²) in [7, 11) is 0. The normalized spacial score (nSPS) is 16.6. The summed E-state index contributed by atoms with van der Waals surface area (Å²) >= 11 is 0. The van der Waals surface area contributed by atoms with Gasteiger partial charge in [-0.25, -0.2) is 15.8 Å². The second kappa shape index (κ2) is 6.54. The Morgan fingerprint density at radius 2 is 2.11 bits per heavy atom. The molecule has 1 aliphatic carbocycles. The first-order chi connectivity index (χ1) is 8.85. The van der Waals surface area contributed by atoms with Crippen LogP contribution in [0.25, 0.3) is 0 Å². The average molecular weight is 250 g/mol. The minimum Gasteiger partial charge on any atom is -0.474 e. The molecule has 0 spiro atoms. The van der Waals surface area contributed by atoms with Crippen LogP contribution in [0.1, 0.15) is 51.0 Å². The third-order valence-electron chi connectivity index (χ3n) is 3.37. The number of rotatable bonds is 5. The van der Waals surface area contributed by atoms with Crippen molar-refractivity contribution in [1.29, 1.82) is 0 Å². The summed E-state index contributed by atoms with van der Waals surface area (Å²) in [4.78, 5) is 8.41. The van der Waals surface area contributed by atoms with Gasteiger partial charge in [0.25, 0.3) is 0 Å². The number of hydrogen-bond acceptors (Lipinski definition) is 5. The third kappa shape index (κ3) is 3.10. The van der Waals surface area contributed by atoms with Crippen molar-refractivity contribution in [1.82, 2.24) is 9.97 Å². The predicted octanol–water partition coefficient (Wildman–Crippen LogP) is 2.43. The van der Waals surface area contributed by atoms with Gasteiger partial charge in [-0.05, 0) is 32.1 Å². The van der Waals surface area contributed by atoms with Crippen LogP contribution in [-0.2, 0) is 6.42 Å². The van der Waals surface area contributed by atoms with Crippen molar-refractivity contribution in [3.63, 3.8) is 0 Å². The van der Waals surface area contributed by atoms with Crippen LogP contribution in [0.3, 0.4) is 0 Å². The Morgan fingerprint density at radius 1 is 1.33 bits per heavy atom. The van der Waals surface area contributed by atoms with Crippen LogP contribution >= 0.6 is 0 Å². The van der Waals surface area contributed by atoms with Crippen LogP contribution in [0.2, 0.25) is 0 Å². The van der Waals surface area contributed by atoms with Gasteiger partial charge in [0.2, 0.25) is 5.88 Å². The molecule has 0 aromatic carbocycles. The van der Waals surface area contributed by atoms with Crippen molar-refractivity contribution in [3.8, 4) is 5.88 Å². The van der Waals surface area contributed by atoms with Crippen LogP contribution in [0.15, 0.2) is 6.33 Å². The topological polar surface area (TPSA) is 73.1 Å². The molecule has 1 aromatic rings. The summed E-state index contributed by atoms with van der Waals surface area (Å²) in [5.74, 6) is 6.87. The van der Waals surface area contributed by atoms with E-state index in [1.54, 1.807) is 0 Å². The zero-order valence-electron chi connectivity index (χ0n) is 11.0. The molecular formula is C13H22N4O. The molecule has 1 fully saturated rings. The Bertz CT molecular complexity index is 377. The lowest BCUT2D eigenvalue weighted by atomic mass is 9.98. The molecule has 1 heterocycles. The van der Waals surface area contributed by atoms with E-state index in [9.17, 15) is 0 Å². The predicted molar refractivity (Wildman–Crippen MR) is 71.3 cm³/mol. The SMILES string of the molecule is CCCc1c(NN)ncnc1OC1CCCCC1. The Hall–Kier alpha value is -1.36. The third-order valence-corrected chi connectivity index (χ3v) is 3.37. The van der Waals surface area contributed by atoms with Gasteiger partial charge in [-0.2, -0.15) is 0 Å². The lowest BCUT2D eigenvalue weighted by molar-refractivity contribution is 0.147. The van der Waals surface area contributed by atoms with Gasteiger partial charge in [0.1, 0.15) is 18.2 Å². The molecule has 5 heteroatoms. The molecule has 0 atom stereocenters. The van der Waals surface area contributed by atoms with Gasteiger partial charge in [0, 0.05) is 0 Å². The van der Waals surface area contributed by atoms with Crippen LogP contribution in [-0.4, -0.2) is 16.1 Å². The number of nitrogens with zero attached hydrogens (tertiary/aromatic N) is 2. The highest BCUT2D eigenvalue weighted by Gasteiger charge is 2.18. The first kappa shape index (κ1) is 13.1. The summed E-state index contributed by atoms with van der Waals surface area (Å²) in [5.41, 5.74) is 3.62. The van der Waals surface area contributed by atoms with Crippen molar-refractivity contribution in [2.24, 2.45) is 5.84 Å². The summed E-state index contributed by atoms with van der Waals surface area (Å²) in [5, 5.41) is 0. The van der Waals surface area contributed by atoms with Gasteiger partial charge >= 0.3 is 0 Å². The molecule has 0 unspecified atom stereocenters. The lowest BCUT2D eigenvalue weighted by Crippen LogP contribution is -2.22. The fourth-order valence-electron chi connectivity index (χ4n) is 2.44. The van der Waals surface area contributed by atoms with Gasteiger partial charge in [-0.1, -0.05) is 19.8 Å². The van der Waals surface area contributed by atoms with Gasteiger partial charge in [-0.3, -0.25) is 0 Å². The Morgan fingerprint density at radius 3 is 2.78 bits per heavy atom. The number of ether oxygens (including phenoxy) is 1. The average Bonchev–Trinajstić information content (AvgIpc) is 2.42. The van der Waals surface area contributed by atoms with E-state index in [1.807, 2.05) is 0 Å². The van der Waals surface area contributed by atoms with E-state index in [0.717, 1.165) is 31.2 Å². The van der Waals surface area contributed by atoms with E-state index in [-0.39, 0.29) is 0 Å². The summed E-state index contributed by atoms with van der Waals surface area (Å²) in [6.07, 6.45) is 9.78. The molecule has 3 N–H and O–H groups in total. The van der Waals surface area contributed by atoms with Gasteiger partial charge in [-0.15, -0.1) is 0 Å². The number of aromatic nitrogens is 2. The Labute approximate surface area is 108 Å². The quantitative estimate of drug-likeness (QED) is 0.620. The molecule has 2 rings (SSSR count). The van der Waals surface area contributed by atoms with Crippen LogP contribution < -0.4 is 16.0 Å². The smallest absolute Gasteiger partial charge is 0.222 e. The van der Waals surface area contributed by atoms with Crippen molar-refractivity contribution in [2.75, 3.05) is 5.43 Å². The molecule has 1 aliphatic rings. The molecule has 18 heavy (non-hydrogen) atoms. The van der Waals surface area contributed by atoms with Crippen LogP contribution in [0, 0.1) is 0 Å². The van der Waals surface area contributed by atoms with Crippen molar-refractivity contribution >= 4 is 5.82 Å². The molecule has 5 nitrogen and oxygen atoms in total. The fraction of sp³-hybridized carbons (Fsp3) is 0.692. The molecule has 0 bridgehead atoms. The van der Waals surface area contributed by atoms with Gasteiger partial charge in [0.15, 0.2) is 0 Å². The Balaban J connectivity index is 2.14. The molecule has 1 saturated carbocycles.